The summed E-state index contributed by atoms with van der Waals surface area (Å²) in [6.07, 6.45) is 1.10. The Hall–Kier alpha value is -1.88. The number of hydrogen-bond donors (Lipinski definition) is 1. The van der Waals surface area contributed by atoms with Gasteiger partial charge in [0.1, 0.15) is 10.8 Å². The lowest BCUT2D eigenvalue weighted by Gasteiger charge is -2.13. The van der Waals surface area contributed by atoms with Crippen LogP contribution in [0.2, 0.25) is 0 Å². The zero-order chi connectivity index (χ0) is 13.0. The van der Waals surface area contributed by atoms with E-state index < -0.39 is 6.10 Å². The highest BCUT2D eigenvalue weighted by atomic mass is 32.1. The number of carbonyl (C=O) groups excluding carboxylic acids is 1. The van der Waals surface area contributed by atoms with Crippen LogP contribution in [0.3, 0.4) is 0 Å². The minimum absolute atomic E-state index is 0.178. The second-order valence-electron chi connectivity index (χ2n) is 3.81. The van der Waals surface area contributed by atoms with Crippen molar-refractivity contribution in [2.24, 2.45) is 0 Å². The fraction of sp³-hybridized carbons (Fsp3) is 0.231. The first-order valence-electron chi connectivity index (χ1n) is 5.60. The highest BCUT2D eigenvalue weighted by Crippen LogP contribution is 2.18. The Kier molecular flexibility index (Phi) is 3.94. The Balaban J connectivity index is 1.93. The van der Waals surface area contributed by atoms with Crippen molar-refractivity contribution in [3.8, 4) is 5.75 Å². The van der Waals surface area contributed by atoms with Crippen molar-refractivity contribution >= 4 is 22.2 Å². The van der Waals surface area contributed by atoms with E-state index in [0.29, 0.717) is 5.75 Å². The predicted octanol–water partition coefficient (Wildman–Crippen LogP) is 2.86. The van der Waals surface area contributed by atoms with Gasteiger partial charge >= 0.3 is 0 Å². The summed E-state index contributed by atoms with van der Waals surface area (Å²) >= 11 is 1.44. The van der Waals surface area contributed by atoms with Gasteiger partial charge in [0.05, 0.1) is 11.2 Å². The molecule has 0 aliphatic heterocycles. The molecule has 0 aliphatic rings. The number of aryl methyl sites for hydroxylation is 1. The molecule has 0 bridgehead atoms. The van der Waals surface area contributed by atoms with Gasteiger partial charge in [0.15, 0.2) is 6.10 Å². The van der Waals surface area contributed by atoms with E-state index in [1.54, 1.807) is 13.1 Å². The molecule has 0 aliphatic carbocycles. The molecule has 5 heteroatoms. The second kappa shape index (κ2) is 5.64. The molecule has 1 atom stereocenters. The van der Waals surface area contributed by atoms with Crippen molar-refractivity contribution in [1.82, 2.24) is 4.98 Å². The van der Waals surface area contributed by atoms with Crippen LogP contribution in [0.5, 0.6) is 5.75 Å². The van der Waals surface area contributed by atoms with Crippen molar-refractivity contribution in [2.75, 3.05) is 5.32 Å². The molecule has 1 N–H and O–H groups in total. The summed E-state index contributed by atoms with van der Waals surface area (Å²) < 4.78 is 5.53. The molecular weight excluding hydrogens is 248 g/mol. The van der Waals surface area contributed by atoms with Crippen LogP contribution in [0.25, 0.3) is 0 Å². The minimum atomic E-state index is -0.546. The van der Waals surface area contributed by atoms with Gasteiger partial charge in [0, 0.05) is 0 Å². The average Bonchev–Trinajstić information content (AvgIpc) is 2.76. The van der Waals surface area contributed by atoms with E-state index in [4.69, 9.17) is 4.74 Å². The molecule has 0 radical (unpaired) electrons. The van der Waals surface area contributed by atoms with E-state index in [2.05, 4.69) is 10.3 Å². The maximum absolute atomic E-state index is 11.9. The van der Waals surface area contributed by atoms with Gasteiger partial charge in [-0.05, 0) is 26.0 Å². The third-order valence-electron chi connectivity index (χ3n) is 2.29. The molecule has 18 heavy (non-hydrogen) atoms. The van der Waals surface area contributed by atoms with Crippen molar-refractivity contribution < 1.29 is 9.53 Å². The van der Waals surface area contributed by atoms with Gasteiger partial charge in [0.25, 0.3) is 5.91 Å². The van der Waals surface area contributed by atoms with E-state index in [0.717, 1.165) is 10.0 Å². The molecule has 1 unspecified atom stereocenters. The molecule has 94 valence electrons. The van der Waals surface area contributed by atoms with Crippen LogP contribution in [-0.4, -0.2) is 17.0 Å². The highest BCUT2D eigenvalue weighted by Gasteiger charge is 2.15. The van der Waals surface area contributed by atoms with Gasteiger partial charge in [-0.2, -0.15) is 0 Å². The van der Waals surface area contributed by atoms with Crippen LogP contribution < -0.4 is 10.1 Å². The van der Waals surface area contributed by atoms with E-state index in [9.17, 15) is 4.79 Å². The molecule has 4 nitrogen and oxygen atoms in total. The number of rotatable bonds is 4. The van der Waals surface area contributed by atoms with Gasteiger partial charge in [-0.3, -0.25) is 4.79 Å². The van der Waals surface area contributed by atoms with E-state index in [-0.39, 0.29) is 5.91 Å². The molecule has 0 fully saturated rings. The van der Waals surface area contributed by atoms with Gasteiger partial charge in [-0.15, -0.1) is 11.3 Å². The average molecular weight is 262 g/mol. The van der Waals surface area contributed by atoms with Crippen LogP contribution in [0.4, 0.5) is 5.00 Å². The van der Waals surface area contributed by atoms with Gasteiger partial charge in [-0.1, -0.05) is 18.2 Å². The Labute approximate surface area is 110 Å². The quantitative estimate of drug-likeness (QED) is 0.921. The number of para-hydroxylation sites is 1. The molecule has 0 spiro atoms. The van der Waals surface area contributed by atoms with Crippen LogP contribution in [0, 0.1) is 6.92 Å². The minimum Gasteiger partial charge on any atom is -0.481 e. The number of carbonyl (C=O) groups is 1. The summed E-state index contributed by atoms with van der Waals surface area (Å²) in [6.45, 7) is 3.61. The molecular formula is C13H14N2O2S. The number of hydrogen-bond acceptors (Lipinski definition) is 4. The third kappa shape index (κ3) is 3.30. The topological polar surface area (TPSA) is 51.2 Å². The van der Waals surface area contributed by atoms with Gasteiger partial charge in [-0.25, -0.2) is 4.98 Å². The normalized spacial score (nSPS) is 11.9. The summed E-state index contributed by atoms with van der Waals surface area (Å²) in [5, 5.41) is 4.43. The van der Waals surface area contributed by atoms with Crippen LogP contribution in [-0.2, 0) is 4.79 Å². The van der Waals surface area contributed by atoms with E-state index in [1.807, 2.05) is 37.3 Å². The lowest BCUT2D eigenvalue weighted by atomic mass is 10.3. The summed E-state index contributed by atoms with van der Waals surface area (Å²) in [5.74, 6) is 0.503. The standard InChI is InChI=1S/C13H14N2O2S/c1-9(17-11-6-4-3-5-7-11)13(16)15-12-8-14-10(2)18-12/h3-9H,1-2H3,(H,15,16). The Bertz CT molecular complexity index is 525. The maximum atomic E-state index is 11.9. The first kappa shape index (κ1) is 12.6. The fourth-order valence-electron chi connectivity index (χ4n) is 1.40. The molecule has 1 heterocycles. The largest absolute Gasteiger partial charge is 0.481 e. The predicted molar refractivity (Wildman–Crippen MR) is 72.0 cm³/mol. The second-order valence-corrected chi connectivity index (χ2v) is 5.04. The number of nitrogens with zero attached hydrogens (tertiary/aromatic N) is 1. The molecule has 1 aromatic carbocycles. The van der Waals surface area contributed by atoms with Crippen molar-refractivity contribution in [1.29, 1.82) is 0 Å². The highest BCUT2D eigenvalue weighted by molar-refractivity contribution is 7.15. The Morgan fingerprint density at radius 3 is 2.72 bits per heavy atom. The molecule has 2 rings (SSSR count). The SMILES string of the molecule is Cc1ncc(NC(=O)C(C)Oc2ccccc2)s1. The fourth-order valence-corrected chi connectivity index (χ4v) is 2.08. The number of nitrogens with one attached hydrogen (secondary N) is 1. The van der Waals surface area contributed by atoms with Crippen LogP contribution in [0.15, 0.2) is 36.5 Å². The monoisotopic (exact) mass is 262 g/mol. The van der Waals surface area contributed by atoms with Gasteiger partial charge in [0.2, 0.25) is 0 Å². The third-order valence-corrected chi connectivity index (χ3v) is 3.12. The number of ether oxygens (including phenoxy) is 1. The first-order valence-corrected chi connectivity index (χ1v) is 6.42. The summed E-state index contributed by atoms with van der Waals surface area (Å²) in [4.78, 5) is 15.9. The van der Waals surface area contributed by atoms with Crippen molar-refractivity contribution in [3.05, 3.63) is 41.5 Å². The Morgan fingerprint density at radius 1 is 1.39 bits per heavy atom. The summed E-state index contributed by atoms with van der Waals surface area (Å²) in [6, 6.07) is 9.28. The first-order chi connectivity index (χ1) is 8.65. The van der Waals surface area contributed by atoms with E-state index in [1.165, 1.54) is 11.3 Å². The zero-order valence-corrected chi connectivity index (χ0v) is 11.0. The van der Waals surface area contributed by atoms with Crippen LogP contribution in [0.1, 0.15) is 11.9 Å². The van der Waals surface area contributed by atoms with Gasteiger partial charge < -0.3 is 10.1 Å². The molecule has 1 aromatic heterocycles. The number of amides is 1. The lowest BCUT2D eigenvalue weighted by Crippen LogP contribution is -2.29. The number of thiazole rings is 1. The summed E-state index contributed by atoms with van der Waals surface area (Å²) in [5.41, 5.74) is 0. The van der Waals surface area contributed by atoms with E-state index >= 15 is 0 Å². The van der Waals surface area contributed by atoms with Crippen LogP contribution >= 0.6 is 11.3 Å². The number of benzene rings is 1. The zero-order valence-electron chi connectivity index (χ0n) is 10.2. The smallest absolute Gasteiger partial charge is 0.265 e. The number of aromatic nitrogens is 1. The Morgan fingerprint density at radius 2 is 2.11 bits per heavy atom. The maximum Gasteiger partial charge on any atom is 0.265 e. The van der Waals surface area contributed by atoms with Crippen molar-refractivity contribution in [3.63, 3.8) is 0 Å². The number of anilines is 1. The summed E-state index contributed by atoms with van der Waals surface area (Å²) in [7, 11) is 0. The molecule has 0 saturated heterocycles. The molecule has 0 saturated carbocycles. The van der Waals surface area contributed by atoms with Crippen molar-refractivity contribution in [2.45, 2.75) is 20.0 Å². The molecule has 1 amide bonds. The lowest BCUT2D eigenvalue weighted by molar-refractivity contribution is -0.122. The molecule has 2 aromatic rings.